The number of methoxy groups -OCH3 is 1. The zero-order valence-corrected chi connectivity index (χ0v) is 18.0. The Morgan fingerprint density at radius 2 is 1.61 bits per heavy atom. The fraction of sp³-hybridized carbons (Fsp3) is 0.429. The minimum atomic E-state index is -1.53. The zero-order valence-electron chi connectivity index (χ0n) is 18.0. The van der Waals surface area contributed by atoms with E-state index in [1.807, 2.05) is 0 Å². The summed E-state index contributed by atoms with van der Waals surface area (Å²) in [6.45, 7) is 0.310. The first-order valence-electron chi connectivity index (χ1n) is 10.0. The number of carbonyl (C=O) groups is 6. The standard InChI is InChI=1S/C21H27N3O9/c1-33-10-9-22-19(30)15(7-8-16(26)27)24-21(32)18(13-5-3-2-4-6-13)20(31)23-14(12-25)11-17(28)29/h2-6,12,14-15,18H,7-11H2,1H3,(H,22,30)(H,23,31)(H,24,32)(H,26,27)(H,28,29). The van der Waals surface area contributed by atoms with E-state index in [1.165, 1.54) is 19.2 Å². The first-order chi connectivity index (χ1) is 15.7. The highest BCUT2D eigenvalue weighted by molar-refractivity contribution is 6.07. The molecule has 0 heterocycles. The van der Waals surface area contributed by atoms with Gasteiger partial charge in [0.2, 0.25) is 17.7 Å². The van der Waals surface area contributed by atoms with Crippen molar-refractivity contribution in [2.24, 2.45) is 0 Å². The summed E-state index contributed by atoms with van der Waals surface area (Å²) in [5, 5.41) is 24.9. The molecule has 0 saturated carbocycles. The molecule has 0 bridgehead atoms. The highest BCUT2D eigenvalue weighted by atomic mass is 16.5. The Morgan fingerprint density at radius 1 is 0.970 bits per heavy atom. The number of rotatable bonds is 15. The van der Waals surface area contributed by atoms with Crippen LogP contribution in [0.3, 0.4) is 0 Å². The number of hydrogen-bond acceptors (Lipinski definition) is 7. The number of aliphatic carboxylic acids is 2. The molecule has 1 aromatic carbocycles. The number of carboxylic acid groups (broad SMARTS) is 2. The molecule has 5 N–H and O–H groups in total. The number of amides is 3. The van der Waals surface area contributed by atoms with Gasteiger partial charge in [0.15, 0.2) is 0 Å². The summed E-state index contributed by atoms with van der Waals surface area (Å²) >= 11 is 0. The van der Waals surface area contributed by atoms with Crippen molar-refractivity contribution in [1.29, 1.82) is 0 Å². The maximum Gasteiger partial charge on any atom is 0.305 e. The van der Waals surface area contributed by atoms with Crippen LogP contribution in [-0.2, 0) is 33.5 Å². The SMILES string of the molecule is COCCNC(=O)C(CCC(=O)O)NC(=O)C(C(=O)NC(C=O)CC(=O)O)c1ccccc1. The summed E-state index contributed by atoms with van der Waals surface area (Å²) in [6.07, 6.45) is -1.10. The second kappa shape index (κ2) is 14.3. The van der Waals surface area contributed by atoms with Gasteiger partial charge in [0.1, 0.15) is 18.2 Å². The Labute approximate surface area is 189 Å². The van der Waals surface area contributed by atoms with E-state index in [0.29, 0.717) is 0 Å². The van der Waals surface area contributed by atoms with Gasteiger partial charge in [-0.1, -0.05) is 30.3 Å². The lowest BCUT2D eigenvalue weighted by Crippen LogP contribution is -2.51. The summed E-state index contributed by atoms with van der Waals surface area (Å²) in [4.78, 5) is 71.3. The lowest BCUT2D eigenvalue weighted by molar-refractivity contribution is -0.140. The Bertz CT molecular complexity index is 845. The van der Waals surface area contributed by atoms with Gasteiger partial charge in [0.05, 0.1) is 19.1 Å². The number of aldehydes is 1. The Kier molecular flexibility index (Phi) is 11.8. The maximum absolute atomic E-state index is 13.0. The molecular weight excluding hydrogens is 438 g/mol. The van der Waals surface area contributed by atoms with Gasteiger partial charge in [-0.25, -0.2) is 0 Å². The number of carbonyl (C=O) groups excluding carboxylic acids is 4. The Balaban J connectivity index is 3.11. The van der Waals surface area contributed by atoms with Crippen LogP contribution in [0.25, 0.3) is 0 Å². The molecule has 3 unspecified atom stereocenters. The molecule has 180 valence electrons. The van der Waals surface area contributed by atoms with Gasteiger partial charge in [-0.05, 0) is 12.0 Å². The van der Waals surface area contributed by atoms with Crippen LogP contribution in [0, 0.1) is 0 Å². The first-order valence-corrected chi connectivity index (χ1v) is 10.0. The van der Waals surface area contributed by atoms with Crippen molar-refractivity contribution < 1.29 is 43.7 Å². The summed E-state index contributed by atoms with van der Waals surface area (Å²) in [7, 11) is 1.43. The molecule has 0 aliphatic heterocycles. The smallest absolute Gasteiger partial charge is 0.305 e. The van der Waals surface area contributed by atoms with Gasteiger partial charge in [0, 0.05) is 20.1 Å². The van der Waals surface area contributed by atoms with E-state index in [4.69, 9.17) is 14.9 Å². The first kappa shape index (κ1) is 27.2. The Morgan fingerprint density at radius 3 is 2.15 bits per heavy atom. The van der Waals surface area contributed by atoms with Gasteiger partial charge < -0.3 is 35.7 Å². The van der Waals surface area contributed by atoms with Crippen molar-refractivity contribution in [1.82, 2.24) is 16.0 Å². The molecule has 33 heavy (non-hydrogen) atoms. The number of benzene rings is 1. The summed E-state index contributed by atoms with van der Waals surface area (Å²) < 4.78 is 4.83. The van der Waals surface area contributed by atoms with E-state index in [1.54, 1.807) is 18.2 Å². The topological polar surface area (TPSA) is 188 Å². The van der Waals surface area contributed by atoms with E-state index >= 15 is 0 Å². The van der Waals surface area contributed by atoms with Crippen LogP contribution in [-0.4, -0.2) is 78.5 Å². The number of nitrogens with one attached hydrogen (secondary N) is 3. The molecule has 0 radical (unpaired) electrons. The van der Waals surface area contributed by atoms with Crippen molar-refractivity contribution in [2.75, 3.05) is 20.3 Å². The largest absolute Gasteiger partial charge is 0.481 e. The third kappa shape index (κ3) is 9.91. The molecule has 0 aliphatic carbocycles. The number of ether oxygens (including phenoxy) is 1. The van der Waals surface area contributed by atoms with Crippen molar-refractivity contribution in [3.05, 3.63) is 35.9 Å². The van der Waals surface area contributed by atoms with Gasteiger partial charge in [-0.15, -0.1) is 0 Å². The van der Waals surface area contributed by atoms with Crippen molar-refractivity contribution in [2.45, 2.75) is 37.3 Å². The summed E-state index contributed by atoms with van der Waals surface area (Å²) in [5.41, 5.74) is 0.226. The van der Waals surface area contributed by atoms with E-state index in [9.17, 15) is 28.8 Å². The van der Waals surface area contributed by atoms with Crippen LogP contribution in [0.5, 0.6) is 0 Å². The third-order valence-electron chi connectivity index (χ3n) is 4.43. The van der Waals surface area contributed by atoms with Gasteiger partial charge >= 0.3 is 11.9 Å². The molecule has 0 fully saturated rings. The van der Waals surface area contributed by atoms with E-state index in [-0.39, 0.29) is 31.4 Å². The number of hydrogen-bond donors (Lipinski definition) is 5. The average molecular weight is 465 g/mol. The molecule has 0 aliphatic rings. The molecule has 3 amide bonds. The number of carboxylic acids is 2. The van der Waals surface area contributed by atoms with Crippen LogP contribution >= 0.6 is 0 Å². The fourth-order valence-electron chi connectivity index (χ4n) is 2.85. The lowest BCUT2D eigenvalue weighted by Gasteiger charge is -2.23. The van der Waals surface area contributed by atoms with Crippen molar-refractivity contribution >= 4 is 35.9 Å². The minimum absolute atomic E-state index is 0.119. The minimum Gasteiger partial charge on any atom is -0.481 e. The van der Waals surface area contributed by atoms with Gasteiger partial charge in [-0.2, -0.15) is 0 Å². The molecule has 1 rings (SSSR count). The van der Waals surface area contributed by atoms with Gasteiger partial charge in [0.25, 0.3) is 0 Å². The molecule has 12 nitrogen and oxygen atoms in total. The second-order valence-electron chi connectivity index (χ2n) is 6.97. The quantitative estimate of drug-likeness (QED) is 0.123. The van der Waals surface area contributed by atoms with Gasteiger partial charge in [-0.3, -0.25) is 24.0 Å². The van der Waals surface area contributed by atoms with E-state index in [0.717, 1.165) is 0 Å². The zero-order chi connectivity index (χ0) is 24.8. The van der Waals surface area contributed by atoms with E-state index < -0.39 is 60.5 Å². The van der Waals surface area contributed by atoms with Crippen molar-refractivity contribution in [3.63, 3.8) is 0 Å². The predicted molar refractivity (Wildman–Crippen MR) is 113 cm³/mol. The normalized spacial score (nSPS) is 13.1. The maximum atomic E-state index is 13.0. The summed E-state index contributed by atoms with van der Waals surface area (Å²) in [6, 6.07) is 5.10. The predicted octanol–water partition coefficient (Wildman–Crippen LogP) is -0.959. The monoisotopic (exact) mass is 465 g/mol. The highest BCUT2D eigenvalue weighted by Crippen LogP contribution is 2.17. The van der Waals surface area contributed by atoms with Crippen LogP contribution < -0.4 is 16.0 Å². The molecule has 0 aromatic heterocycles. The summed E-state index contributed by atoms with van der Waals surface area (Å²) in [5.74, 6) is -6.56. The van der Waals surface area contributed by atoms with Crippen LogP contribution in [0.2, 0.25) is 0 Å². The Hall–Kier alpha value is -3.80. The molecular formula is C21H27N3O9. The van der Waals surface area contributed by atoms with Crippen molar-refractivity contribution in [3.8, 4) is 0 Å². The molecule has 3 atom stereocenters. The molecule has 0 saturated heterocycles. The van der Waals surface area contributed by atoms with Crippen LogP contribution in [0.1, 0.15) is 30.7 Å². The third-order valence-corrected chi connectivity index (χ3v) is 4.43. The highest BCUT2D eigenvalue weighted by Gasteiger charge is 2.33. The molecule has 12 heteroatoms. The molecule has 0 spiro atoms. The van der Waals surface area contributed by atoms with Crippen LogP contribution in [0.15, 0.2) is 30.3 Å². The average Bonchev–Trinajstić information content (AvgIpc) is 2.76. The lowest BCUT2D eigenvalue weighted by atomic mass is 9.95. The molecule has 1 aromatic rings. The van der Waals surface area contributed by atoms with E-state index in [2.05, 4.69) is 16.0 Å². The second-order valence-corrected chi connectivity index (χ2v) is 6.97. The fourth-order valence-corrected chi connectivity index (χ4v) is 2.85. The van der Waals surface area contributed by atoms with Crippen LogP contribution in [0.4, 0.5) is 0 Å².